The van der Waals surface area contributed by atoms with Crippen molar-refractivity contribution in [3.8, 4) is 0 Å². The highest BCUT2D eigenvalue weighted by atomic mass is 32.2. The van der Waals surface area contributed by atoms with E-state index in [2.05, 4.69) is 9.84 Å². The molecule has 3 aliphatic rings. The maximum absolute atomic E-state index is 13.1. The van der Waals surface area contributed by atoms with E-state index in [0.29, 0.717) is 50.2 Å². The number of amides is 1. The number of carbonyl (C=O) groups is 2. The highest BCUT2D eigenvalue weighted by molar-refractivity contribution is 8.00. The number of nitrogens with one attached hydrogen (secondary N) is 1. The molecule has 0 aromatic heterocycles. The molecule has 0 aliphatic carbocycles. The summed E-state index contributed by atoms with van der Waals surface area (Å²) in [5.74, 6) is 1.02. The molecule has 2 bridgehead atoms. The molecule has 11 atom stereocenters. The van der Waals surface area contributed by atoms with Crippen LogP contribution in [0.2, 0.25) is 0 Å². The van der Waals surface area contributed by atoms with Crippen molar-refractivity contribution in [1.82, 2.24) is 5.32 Å². The number of hydrogen-bond donors (Lipinski definition) is 4. The third-order valence-corrected chi connectivity index (χ3v) is 12.7. The van der Waals surface area contributed by atoms with Gasteiger partial charge in [-0.1, -0.05) is 0 Å². The van der Waals surface area contributed by atoms with Crippen LogP contribution in [0.3, 0.4) is 0 Å². The van der Waals surface area contributed by atoms with Crippen LogP contribution in [-0.4, -0.2) is 120 Å². The number of aliphatic hydroxyl groups is 1. The summed E-state index contributed by atoms with van der Waals surface area (Å²) in [6.45, 7) is 2.68. The number of fused-ring (bicyclic) bond motifs is 3. The maximum Gasteiger partial charge on any atom is 0.472 e. The Labute approximate surface area is 268 Å². The van der Waals surface area contributed by atoms with Crippen LogP contribution in [0.15, 0.2) is 0 Å². The van der Waals surface area contributed by atoms with Crippen LogP contribution in [-0.2, 0) is 46.3 Å². The van der Waals surface area contributed by atoms with Crippen molar-refractivity contribution in [3.05, 3.63) is 0 Å². The van der Waals surface area contributed by atoms with E-state index in [-0.39, 0.29) is 24.0 Å². The van der Waals surface area contributed by atoms with Gasteiger partial charge in [0, 0.05) is 32.5 Å². The van der Waals surface area contributed by atoms with Gasteiger partial charge in [-0.2, -0.15) is 23.5 Å². The van der Waals surface area contributed by atoms with E-state index < -0.39 is 75.9 Å². The maximum atomic E-state index is 13.1. The zero-order chi connectivity index (χ0) is 32.5. The number of phosphoric acid groups is 2. The second-order valence-corrected chi connectivity index (χ2v) is 16.5. The molecule has 0 aromatic rings. The SMILES string of the molecule is [B][C@@H]1O[C@H](CO)[C@H]2OP(=O)(O)OC[C@H]3O[C@@H](C)C(SCC(CCC(C)=O)CCC(=O)NCCCCSC12)[C@@H]3OP(=O)(O)OC. The average Bonchev–Trinajstić information content (AvgIpc) is 3.41. The summed E-state index contributed by atoms with van der Waals surface area (Å²) in [5.41, 5.74) is 0. The molecular weight excluding hydrogens is 659 g/mol. The van der Waals surface area contributed by atoms with E-state index in [0.717, 1.165) is 7.11 Å². The molecule has 0 spiro atoms. The zero-order valence-corrected chi connectivity index (χ0v) is 28.6. The molecule has 44 heavy (non-hydrogen) atoms. The van der Waals surface area contributed by atoms with Crippen LogP contribution in [0.4, 0.5) is 0 Å². The second-order valence-electron chi connectivity index (χ2n) is 11.1. The standard InChI is InChI=1S/C25H44BNO13P2S2/c1-15(29)6-7-17-8-9-20(30)27-10-4-5-11-43-24-21(18(12-28)38-25(24)26)40-42(33,34)36-13-19-22(39-41(31,32)35-3)23(44-14-17)16(2)37-19/h16-19,21-25,28H,4-14H2,1-3H3,(H,27,30)(H,31,32)(H,33,34)/t16-,17?,18+,19+,21+,22+,23?,24?,25+/m0/s1. The van der Waals surface area contributed by atoms with E-state index >= 15 is 0 Å². The minimum absolute atomic E-state index is 0.0111. The van der Waals surface area contributed by atoms with Gasteiger partial charge in [-0.05, 0) is 57.0 Å². The zero-order valence-electron chi connectivity index (χ0n) is 25.2. The fourth-order valence-electron chi connectivity index (χ4n) is 5.23. The summed E-state index contributed by atoms with van der Waals surface area (Å²) >= 11 is 2.77. The molecule has 0 saturated carbocycles. The minimum atomic E-state index is -4.78. The van der Waals surface area contributed by atoms with Gasteiger partial charge in [0.25, 0.3) is 0 Å². The number of Topliss-reactive ketones (excluding diaryl/α,β-unsaturated/α-hetero) is 1. The second kappa shape index (κ2) is 18.0. The first-order valence-corrected chi connectivity index (χ1v) is 19.7. The van der Waals surface area contributed by atoms with Gasteiger partial charge in [0.15, 0.2) is 0 Å². The normalized spacial score (nSPS) is 39.9. The lowest BCUT2D eigenvalue weighted by atomic mass is 9.95. The Balaban J connectivity index is 1.83. The lowest BCUT2D eigenvalue weighted by molar-refractivity contribution is -0.121. The largest absolute Gasteiger partial charge is 0.472 e. The average molecular weight is 704 g/mol. The molecule has 19 heteroatoms. The van der Waals surface area contributed by atoms with Crippen LogP contribution in [0.5, 0.6) is 0 Å². The number of thioether (sulfide) groups is 2. The van der Waals surface area contributed by atoms with Crippen LogP contribution in [0, 0.1) is 5.92 Å². The third kappa shape index (κ3) is 11.9. The van der Waals surface area contributed by atoms with Gasteiger partial charge in [-0.25, -0.2) is 9.13 Å². The Morgan fingerprint density at radius 1 is 1.25 bits per heavy atom. The number of ketones is 1. The Hall–Kier alpha value is 0.00494. The summed E-state index contributed by atoms with van der Waals surface area (Å²) in [6, 6.07) is -0.873. The molecule has 0 aromatic carbocycles. The van der Waals surface area contributed by atoms with Gasteiger partial charge in [-0.15, -0.1) is 0 Å². The number of phosphoric ester groups is 2. The van der Waals surface area contributed by atoms with E-state index in [9.17, 15) is 33.6 Å². The molecule has 3 heterocycles. The molecule has 3 saturated heterocycles. The summed E-state index contributed by atoms with van der Waals surface area (Å²) in [4.78, 5) is 45.1. The lowest BCUT2D eigenvalue weighted by Gasteiger charge is -2.27. The Morgan fingerprint density at radius 3 is 2.68 bits per heavy atom. The minimum Gasteiger partial charge on any atom is -0.394 e. The van der Waals surface area contributed by atoms with Crippen LogP contribution < -0.4 is 5.32 Å². The molecule has 3 aliphatic heterocycles. The van der Waals surface area contributed by atoms with E-state index in [1.54, 1.807) is 6.92 Å². The number of aliphatic hydroxyl groups excluding tert-OH is 1. The van der Waals surface area contributed by atoms with Crippen molar-refractivity contribution in [1.29, 1.82) is 0 Å². The number of carbonyl (C=O) groups excluding carboxylic acids is 2. The molecular formula is C25H44BNO13P2S2. The smallest absolute Gasteiger partial charge is 0.394 e. The number of rotatable bonds is 7. The van der Waals surface area contributed by atoms with Crippen molar-refractivity contribution >= 4 is 58.7 Å². The van der Waals surface area contributed by atoms with Crippen molar-refractivity contribution in [3.63, 3.8) is 0 Å². The monoisotopic (exact) mass is 703 g/mol. The highest BCUT2D eigenvalue weighted by Gasteiger charge is 2.50. The van der Waals surface area contributed by atoms with E-state index in [1.807, 2.05) is 0 Å². The first-order chi connectivity index (χ1) is 20.7. The Morgan fingerprint density at radius 2 is 2.00 bits per heavy atom. The van der Waals surface area contributed by atoms with Crippen molar-refractivity contribution in [2.75, 3.05) is 38.4 Å². The molecule has 3 rings (SSSR count). The summed E-state index contributed by atoms with van der Waals surface area (Å²) in [6.07, 6.45) is -1.57. The fraction of sp³-hybridized carbons (Fsp3) is 0.920. The van der Waals surface area contributed by atoms with Crippen molar-refractivity contribution < 1.29 is 61.2 Å². The molecule has 1 amide bonds. The predicted octanol–water partition coefficient (Wildman–Crippen LogP) is 2.17. The Bertz CT molecular complexity index is 1050. The fourth-order valence-corrected chi connectivity index (χ4v) is 9.93. The van der Waals surface area contributed by atoms with Crippen LogP contribution in [0.1, 0.15) is 52.4 Å². The van der Waals surface area contributed by atoms with Crippen molar-refractivity contribution in [2.24, 2.45) is 5.92 Å². The van der Waals surface area contributed by atoms with Crippen LogP contribution in [0.25, 0.3) is 0 Å². The predicted molar refractivity (Wildman–Crippen MR) is 166 cm³/mol. The Kier molecular flexibility index (Phi) is 15.7. The number of ether oxygens (including phenoxy) is 2. The van der Waals surface area contributed by atoms with Gasteiger partial charge >= 0.3 is 15.6 Å². The molecule has 2 radical (unpaired) electrons. The topological polar surface area (TPSA) is 196 Å². The van der Waals surface area contributed by atoms with Gasteiger partial charge in [0.2, 0.25) is 5.91 Å². The molecule has 5 unspecified atom stereocenters. The lowest BCUT2D eigenvalue weighted by Crippen LogP contribution is -2.36. The summed E-state index contributed by atoms with van der Waals surface area (Å²) in [5, 5.41) is 11.6. The van der Waals surface area contributed by atoms with E-state index in [4.69, 9.17) is 30.9 Å². The van der Waals surface area contributed by atoms with Crippen LogP contribution >= 0.6 is 39.2 Å². The van der Waals surface area contributed by atoms with Crippen molar-refractivity contribution in [2.45, 2.75) is 99.4 Å². The van der Waals surface area contributed by atoms with Gasteiger partial charge < -0.3 is 34.5 Å². The first-order valence-electron chi connectivity index (χ1n) is 14.6. The first kappa shape index (κ1) is 38.5. The quantitative estimate of drug-likeness (QED) is 0.222. The summed E-state index contributed by atoms with van der Waals surface area (Å²) < 4.78 is 58.0. The molecule has 252 valence electrons. The molecule has 3 fully saturated rings. The van der Waals surface area contributed by atoms with E-state index in [1.165, 1.54) is 30.4 Å². The summed E-state index contributed by atoms with van der Waals surface area (Å²) in [7, 11) is -2.17. The van der Waals surface area contributed by atoms with Gasteiger partial charge in [-0.3, -0.25) is 22.9 Å². The molecule has 4 N–H and O–H groups in total. The number of hydrogen-bond acceptors (Lipinski definition) is 13. The molecule has 14 nitrogen and oxygen atoms in total. The highest BCUT2D eigenvalue weighted by Crippen LogP contribution is 2.52. The van der Waals surface area contributed by atoms with Gasteiger partial charge in [0.05, 0.1) is 29.8 Å². The third-order valence-electron chi connectivity index (χ3n) is 7.62. The van der Waals surface area contributed by atoms with Gasteiger partial charge in [0.1, 0.15) is 38.0 Å².